The maximum atomic E-state index is 11.8. The molecule has 2 rings (SSSR count). The average molecular weight is 244 g/mol. The minimum Gasteiger partial charge on any atom is -0.384 e. The SMILES string of the molecule is Cc1nnc(NC(=O)c2ccc(N)nc2)nc1C. The number of pyridine rings is 1. The van der Waals surface area contributed by atoms with Crippen molar-refractivity contribution < 1.29 is 4.79 Å². The number of carbonyl (C=O) groups excluding carboxylic acids is 1. The number of hydrogen-bond donors (Lipinski definition) is 2. The highest BCUT2D eigenvalue weighted by Gasteiger charge is 2.09. The zero-order valence-electron chi connectivity index (χ0n) is 10.0. The number of amides is 1. The Kier molecular flexibility index (Phi) is 3.13. The predicted octanol–water partition coefficient (Wildman–Crippen LogP) is 0.718. The number of nitrogens with two attached hydrogens (primary N) is 1. The third-order valence-corrected chi connectivity index (χ3v) is 2.37. The maximum Gasteiger partial charge on any atom is 0.259 e. The molecule has 0 saturated heterocycles. The summed E-state index contributed by atoms with van der Waals surface area (Å²) in [6.07, 6.45) is 1.39. The summed E-state index contributed by atoms with van der Waals surface area (Å²) < 4.78 is 0. The second-order valence-electron chi connectivity index (χ2n) is 3.73. The third kappa shape index (κ3) is 2.57. The Morgan fingerprint density at radius 2 is 2.00 bits per heavy atom. The second kappa shape index (κ2) is 4.74. The van der Waals surface area contributed by atoms with Gasteiger partial charge in [-0.15, -0.1) is 5.10 Å². The van der Waals surface area contributed by atoms with Crippen LogP contribution in [0.5, 0.6) is 0 Å². The van der Waals surface area contributed by atoms with Crippen LogP contribution in [0, 0.1) is 13.8 Å². The summed E-state index contributed by atoms with van der Waals surface area (Å²) in [4.78, 5) is 19.8. The van der Waals surface area contributed by atoms with Gasteiger partial charge < -0.3 is 5.73 Å². The van der Waals surface area contributed by atoms with Crippen LogP contribution in [-0.2, 0) is 0 Å². The van der Waals surface area contributed by atoms with Gasteiger partial charge in [-0.1, -0.05) is 0 Å². The summed E-state index contributed by atoms with van der Waals surface area (Å²) in [6.45, 7) is 3.59. The van der Waals surface area contributed by atoms with Crippen LogP contribution in [-0.4, -0.2) is 26.1 Å². The van der Waals surface area contributed by atoms with Crippen LogP contribution in [0.2, 0.25) is 0 Å². The van der Waals surface area contributed by atoms with Gasteiger partial charge in [-0.2, -0.15) is 5.10 Å². The van der Waals surface area contributed by atoms with Crippen LogP contribution in [0.1, 0.15) is 21.7 Å². The standard InChI is InChI=1S/C11H12N6O/c1-6-7(2)16-17-11(14-6)15-10(18)8-3-4-9(12)13-5-8/h3-5H,1-2H3,(H2,12,13)(H,14,15,17,18). The monoisotopic (exact) mass is 244 g/mol. The molecule has 92 valence electrons. The van der Waals surface area contributed by atoms with E-state index in [-0.39, 0.29) is 11.9 Å². The lowest BCUT2D eigenvalue weighted by atomic mass is 10.2. The summed E-state index contributed by atoms with van der Waals surface area (Å²) in [6, 6.07) is 3.13. The normalized spacial score (nSPS) is 10.1. The van der Waals surface area contributed by atoms with E-state index < -0.39 is 0 Å². The van der Waals surface area contributed by atoms with Gasteiger partial charge in [-0.3, -0.25) is 10.1 Å². The first-order valence-corrected chi connectivity index (χ1v) is 5.27. The zero-order chi connectivity index (χ0) is 13.1. The van der Waals surface area contributed by atoms with Gasteiger partial charge in [0.2, 0.25) is 5.95 Å². The van der Waals surface area contributed by atoms with E-state index in [1.807, 2.05) is 0 Å². The number of nitrogen functional groups attached to an aromatic ring is 1. The number of aromatic nitrogens is 4. The van der Waals surface area contributed by atoms with Crippen molar-refractivity contribution in [2.45, 2.75) is 13.8 Å². The van der Waals surface area contributed by atoms with Crippen molar-refractivity contribution >= 4 is 17.7 Å². The van der Waals surface area contributed by atoms with Crippen LogP contribution in [0.15, 0.2) is 18.3 Å². The zero-order valence-corrected chi connectivity index (χ0v) is 10.0. The van der Waals surface area contributed by atoms with E-state index in [1.165, 1.54) is 6.20 Å². The molecule has 0 spiro atoms. The molecule has 7 heteroatoms. The minimum absolute atomic E-state index is 0.167. The van der Waals surface area contributed by atoms with E-state index in [1.54, 1.807) is 26.0 Å². The summed E-state index contributed by atoms with van der Waals surface area (Å²) in [7, 11) is 0. The van der Waals surface area contributed by atoms with Gasteiger partial charge >= 0.3 is 0 Å². The highest BCUT2D eigenvalue weighted by molar-refractivity contribution is 6.03. The molecule has 0 radical (unpaired) electrons. The van der Waals surface area contributed by atoms with Crippen LogP contribution >= 0.6 is 0 Å². The van der Waals surface area contributed by atoms with Crippen molar-refractivity contribution in [1.82, 2.24) is 20.2 Å². The van der Waals surface area contributed by atoms with Crippen LogP contribution in [0.4, 0.5) is 11.8 Å². The lowest BCUT2D eigenvalue weighted by molar-refractivity contribution is 0.102. The van der Waals surface area contributed by atoms with Crippen LogP contribution in [0.25, 0.3) is 0 Å². The molecule has 0 saturated carbocycles. The second-order valence-corrected chi connectivity index (χ2v) is 3.73. The number of hydrogen-bond acceptors (Lipinski definition) is 6. The number of nitrogens with one attached hydrogen (secondary N) is 1. The number of nitrogens with zero attached hydrogens (tertiary/aromatic N) is 4. The summed E-state index contributed by atoms with van der Waals surface area (Å²) >= 11 is 0. The Bertz CT molecular complexity index is 581. The van der Waals surface area contributed by atoms with Gasteiger partial charge in [0.15, 0.2) is 0 Å². The molecule has 2 heterocycles. The van der Waals surface area contributed by atoms with Crippen molar-refractivity contribution in [3.63, 3.8) is 0 Å². The average Bonchev–Trinajstić information content (AvgIpc) is 2.34. The van der Waals surface area contributed by atoms with Crippen LogP contribution < -0.4 is 11.1 Å². The molecule has 2 aromatic rings. The summed E-state index contributed by atoms with van der Waals surface area (Å²) in [5.74, 6) is 0.170. The lowest BCUT2D eigenvalue weighted by Crippen LogP contribution is -2.16. The topological polar surface area (TPSA) is 107 Å². The van der Waals surface area contributed by atoms with E-state index in [0.29, 0.717) is 11.4 Å². The summed E-state index contributed by atoms with van der Waals surface area (Å²) in [5, 5.41) is 10.2. The Morgan fingerprint density at radius 1 is 1.22 bits per heavy atom. The fourth-order valence-corrected chi connectivity index (χ4v) is 1.22. The fourth-order valence-electron chi connectivity index (χ4n) is 1.22. The van der Waals surface area contributed by atoms with E-state index >= 15 is 0 Å². The smallest absolute Gasteiger partial charge is 0.259 e. The Hall–Kier alpha value is -2.57. The largest absolute Gasteiger partial charge is 0.384 e. The Balaban J connectivity index is 2.16. The molecule has 0 aliphatic heterocycles. The van der Waals surface area contributed by atoms with Gasteiger partial charge in [0.25, 0.3) is 5.91 Å². The van der Waals surface area contributed by atoms with Crippen molar-refractivity contribution in [1.29, 1.82) is 0 Å². The molecule has 0 aromatic carbocycles. The quantitative estimate of drug-likeness (QED) is 0.806. The number of carbonyl (C=O) groups is 1. The van der Waals surface area contributed by atoms with E-state index in [2.05, 4.69) is 25.5 Å². The van der Waals surface area contributed by atoms with Gasteiger partial charge in [0.05, 0.1) is 17.0 Å². The molecule has 0 aliphatic carbocycles. The molecule has 0 unspecified atom stereocenters. The molecular weight excluding hydrogens is 232 g/mol. The van der Waals surface area contributed by atoms with Crippen molar-refractivity contribution in [3.8, 4) is 0 Å². The van der Waals surface area contributed by atoms with Crippen LogP contribution in [0.3, 0.4) is 0 Å². The van der Waals surface area contributed by atoms with Crippen molar-refractivity contribution in [2.24, 2.45) is 0 Å². The molecule has 0 aliphatic rings. The molecular formula is C11H12N6O. The van der Waals surface area contributed by atoms with E-state index in [4.69, 9.17) is 5.73 Å². The van der Waals surface area contributed by atoms with Gasteiger partial charge in [-0.25, -0.2) is 9.97 Å². The van der Waals surface area contributed by atoms with Crippen molar-refractivity contribution in [3.05, 3.63) is 35.3 Å². The Labute approximate surface area is 103 Å². The summed E-state index contributed by atoms with van der Waals surface area (Å²) in [5.41, 5.74) is 7.26. The first kappa shape index (κ1) is 11.9. The highest BCUT2D eigenvalue weighted by atomic mass is 16.1. The number of aryl methyl sites for hydroxylation is 2. The minimum atomic E-state index is -0.354. The molecule has 18 heavy (non-hydrogen) atoms. The fraction of sp³-hybridized carbons (Fsp3) is 0.182. The van der Waals surface area contributed by atoms with E-state index in [0.717, 1.165) is 11.4 Å². The molecule has 3 N–H and O–H groups in total. The first-order valence-electron chi connectivity index (χ1n) is 5.27. The predicted molar refractivity (Wildman–Crippen MR) is 65.9 cm³/mol. The highest BCUT2D eigenvalue weighted by Crippen LogP contribution is 2.06. The van der Waals surface area contributed by atoms with Crippen molar-refractivity contribution in [2.75, 3.05) is 11.1 Å². The molecule has 0 atom stereocenters. The number of anilines is 2. The maximum absolute atomic E-state index is 11.8. The number of rotatable bonds is 2. The molecule has 1 amide bonds. The van der Waals surface area contributed by atoms with Gasteiger partial charge in [0.1, 0.15) is 5.82 Å². The molecule has 0 bridgehead atoms. The van der Waals surface area contributed by atoms with Gasteiger partial charge in [0, 0.05) is 6.20 Å². The Morgan fingerprint density at radius 3 is 2.61 bits per heavy atom. The first-order chi connectivity index (χ1) is 8.56. The van der Waals surface area contributed by atoms with Gasteiger partial charge in [-0.05, 0) is 26.0 Å². The molecule has 7 nitrogen and oxygen atoms in total. The third-order valence-electron chi connectivity index (χ3n) is 2.37. The lowest BCUT2D eigenvalue weighted by Gasteiger charge is -2.04. The molecule has 0 fully saturated rings. The van der Waals surface area contributed by atoms with E-state index in [9.17, 15) is 4.79 Å². The molecule has 2 aromatic heterocycles.